The first-order valence-electron chi connectivity index (χ1n) is 9.51. The number of fused-ring (bicyclic) bond motifs is 1. The first-order valence-corrected chi connectivity index (χ1v) is 9.51. The fraction of sp³-hybridized carbons (Fsp3) is 0.550. The lowest BCUT2D eigenvalue weighted by atomic mass is 9.81. The number of hydrogen-bond acceptors (Lipinski definition) is 4. The zero-order valence-electron chi connectivity index (χ0n) is 15.1. The second kappa shape index (κ2) is 6.83. The van der Waals surface area contributed by atoms with Gasteiger partial charge >= 0.3 is 0 Å². The van der Waals surface area contributed by atoms with E-state index in [0.29, 0.717) is 30.5 Å². The quantitative estimate of drug-likeness (QED) is 0.809. The Balaban J connectivity index is 1.50. The minimum absolute atomic E-state index is 0.0973. The van der Waals surface area contributed by atoms with E-state index in [1.54, 1.807) is 4.90 Å². The number of hydrogen-bond donors (Lipinski definition) is 2. The summed E-state index contributed by atoms with van der Waals surface area (Å²) in [5.41, 5.74) is 3.01. The maximum Gasteiger partial charge on any atom is 0.255 e. The van der Waals surface area contributed by atoms with Crippen LogP contribution in [0.5, 0.6) is 0 Å². The number of piperidine rings is 1. The first-order chi connectivity index (χ1) is 12.6. The van der Waals surface area contributed by atoms with Crippen LogP contribution in [0.3, 0.4) is 0 Å². The van der Waals surface area contributed by atoms with Gasteiger partial charge in [0.15, 0.2) is 0 Å². The van der Waals surface area contributed by atoms with Gasteiger partial charge in [0.2, 0.25) is 11.8 Å². The molecular weight excluding hydrogens is 330 g/mol. The van der Waals surface area contributed by atoms with Crippen LogP contribution in [0.25, 0.3) is 0 Å². The fourth-order valence-electron chi connectivity index (χ4n) is 4.56. The Hall–Kier alpha value is -2.21. The van der Waals surface area contributed by atoms with Crippen molar-refractivity contribution < 1.29 is 14.4 Å². The molecule has 0 bridgehead atoms. The van der Waals surface area contributed by atoms with Crippen LogP contribution in [-0.2, 0) is 16.1 Å². The number of nitrogens with zero attached hydrogens (tertiary/aromatic N) is 1. The second-order valence-electron chi connectivity index (χ2n) is 7.65. The van der Waals surface area contributed by atoms with E-state index in [9.17, 15) is 14.4 Å². The molecule has 3 aliphatic rings. The number of benzene rings is 1. The molecule has 1 atom stereocenters. The molecule has 2 fully saturated rings. The van der Waals surface area contributed by atoms with Crippen LogP contribution in [0.2, 0.25) is 0 Å². The molecule has 3 amide bonds. The lowest BCUT2D eigenvalue weighted by Gasteiger charge is -2.29. The van der Waals surface area contributed by atoms with Gasteiger partial charge in [-0.1, -0.05) is 12.1 Å². The minimum atomic E-state index is -0.540. The molecule has 6 heteroatoms. The normalized spacial score (nSPS) is 28.9. The number of nitrogens with one attached hydrogen (secondary N) is 2. The average Bonchev–Trinajstić information content (AvgIpc) is 2.98. The van der Waals surface area contributed by atoms with E-state index in [0.717, 1.165) is 18.4 Å². The molecule has 4 rings (SSSR count). The third-order valence-corrected chi connectivity index (χ3v) is 6.15. The Kier molecular flexibility index (Phi) is 4.53. The van der Waals surface area contributed by atoms with Crippen molar-refractivity contribution in [2.24, 2.45) is 0 Å². The summed E-state index contributed by atoms with van der Waals surface area (Å²) in [5, 5.41) is 5.71. The summed E-state index contributed by atoms with van der Waals surface area (Å²) in [7, 11) is 2.02. The summed E-state index contributed by atoms with van der Waals surface area (Å²) < 4.78 is 0. The largest absolute Gasteiger partial charge is 0.322 e. The van der Waals surface area contributed by atoms with Crippen molar-refractivity contribution in [1.29, 1.82) is 0 Å². The lowest BCUT2D eigenvalue weighted by Crippen LogP contribution is -2.52. The molecule has 138 valence electrons. The van der Waals surface area contributed by atoms with Gasteiger partial charge in [-0.15, -0.1) is 0 Å². The molecule has 2 heterocycles. The highest BCUT2D eigenvalue weighted by Gasteiger charge is 2.39. The highest BCUT2D eigenvalue weighted by molar-refractivity contribution is 6.05. The molecule has 1 aliphatic carbocycles. The summed E-state index contributed by atoms with van der Waals surface area (Å²) in [6, 6.07) is 6.23. The predicted octanol–water partition coefficient (Wildman–Crippen LogP) is 1.69. The van der Waals surface area contributed by atoms with Crippen molar-refractivity contribution in [3.05, 3.63) is 34.9 Å². The third kappa shape index (κ3) is 3.03. The maximum absolute atomic E-state index is 12.7. The number of carbonyl (C=O) groups is 3. The SMILES string of the molecule is CN[C@H]1CC[C@H](c2ccc3c(c2)CN([C@H]2CCC(=O)NC2=O)C3=O)CC1. The van der Waals surface area contributed by atoms with E-state index in [-0.39, 0.29) is 24.1 Å². The van der Waals surface area contributed by atoms with Gasteiger partial charge in [0.1, 0.15) is 6.04 Å². The van der Waals surface area contributed by atoms with Gasteiger partial charge in [-0.25, -0.2) is 0 Å². The van der Waals surface area contributed by atoms with Crippen LogP contribution in [0.1, 0.15) is 65.9 Å². The summed E-state index contributed by atoms with van der Waals surface area (Å²) in [6.07, 6.45) is 5.38. The van der Waals surface area contributed by atoms with E-state index in [2.05, 4.69) is 22.8 Å². The smallest absolute Gasteiger partial charge is 0.255 e. The number of imide groups is 1. The fourth-order valence-corrected chi connectivity index (χ4v) is 4.56. The standard InChI is InChI=1S/C20H25N3O3/c1-21-15-5-2-12(3-6-15)13-4-7-16-14(10-13)11-23(20(16)26)17-8-9-18(24)22-19(17)25/h4,7,10,12,15,17,21H,2-3,5-6,8-9,11H2,1H3,(H,22,24,25)/t12-,15-,17-/m0/s1. The maximum atomic E-state index is 12.7. The van der Waals surface area contributed by atoms with E-state index in [1.165, 1.54) is 18.4 Å². The van der Waals surface area contributed by atoms with Gasteiger partial charge in [0.05, 0.1) is 0 Å². The Morgan fingerprint density at radius 2 is 1.85 bits per heavy atom. The van der Waals surface area contributed by atoms with Crippen molar-refractivity contribution in [3.8, 4) is 0 Å². The molecule has 1 aromatic carbocycles. The summed E-state index contributed by atoms with van der Waals surface area (Å²) in [6.45, 7) is 0.458. The highest BCUT2D eigenvalue weighted by atomic mass is 16.2. The Labute approximate surface area is 153 Å². The van der Waals surface area contributed by atoms with E-state index < -0.39 is 6.04 Å². The van der Waals surface area contributed by atoms with E-state index in [4.69, 9.17) is 0 Å². The molecule has 0 aromatic heterocycles. The molecule has 26 heavy (non-hydrogen) atoms. The molecule has 1 saturated heterocycles. The zero-order valence-corrected chi connectivity index (χ0v) is 15.1. The Bertz CT molecular complexity index is 753. The lowest BCUT2D eigenvalue weighted by molar-refractivity contribution is -0.136. The molecule has 0 unspecified atom stereocenters. The van der Waals surface area contributed by atoms with Crippen LogP contribution >= 0.6 is 0 Å². The molecule has 1 aromatic rings. The van der Waals surface area contributed by atoms with Crippen molar-refractivity contribution in [2.75, 3.05) is 7.05 Å². The van der Waals surface area contributed by atoms with Crippen molar-refractivity contribution >= 4 is 17.7 Å². The molecule has 2 N–H and O–H groups in total. The molecule has 6 nitrogen and oxygen atoms in total. The Morgan fingerprint density at radius 1 is 1.08 bits per heavy atom. The van der Waals surface area contributed by atoms with E-state index in [1.807, 2.05) is 13.1 Å². The highest BCUT2D eigenvalue weighted by Crippen LogP contribution is 2.36. The molecular formula is C20H25N3O3. The average molecular weight is 355 g/mol. The van der Waals surface area contributed by atoms with Crippen molar-refractivity contribution in [2.45, 2.75) is 63.1 Å². The van der Waals surface area contributed by atoms with Crippen molar-refractivity contribution in [1.82, 2.24) is 15.5 Å². The summed E-state index contributed by atoms with van der Waals surface area (Å²) in [5.74, 6) is -0.160. The second-order valence-corrected chi connectivity index (χ2v) is 7.65. The van der Waals surface area contributed by atoms with Crippen molar-refractivity contribution in [3.63, 3.8) is 0 Å². The predicted molar refractivity (Wildman–Crippen MR) is 96.5 cm³/mol. The van der Waals surface area contributed by atoms with Gasteiger partial charge in [-0.3, -0.25) is 19.7 Å². The summed E-state index contributed by atoms with van der Waals surface area (Å²) in [4.78, 5) is 37.9. The van der Waals surface area contributed by atoms with E-state index >= 15 is 0 Å². The number of rotatable bonds is 3. The van der Waals surface area contributed by atoms with Gasteiger partial charge in [0.25, 0.3) is 5.91 Å². The number of amides is 3. The summed E-state index contributed by atoms with van der Waals surface area (Å²) >= 11 is 0. The monoisotopic (exact) mass is 355 g/mol. The van der Waals surface area contributed by atoms with Crippen LogP contribution in [-0.4, -0.2) is 41.8 Å². The van der Waals surface area contributed by atoms with Gasteiger partial charge in [-0.05, 0) is 62.3 Å². The topological polar surface area (TPSA) is 78.5 Å². The molecule has 0 radical (unpaired) electrons. The molecule has 1 saturated carbocycles. The van der Waals surface area contributed by atoms with Crippen LogP contribution in [0, 0.1) is 0 Å². The minimum Gasteiger partial charge on any atom is -0.322 e. The molecule has 0 spiro atoms. The first kappa shape index (κ1) is 17.2. The molecule has 2 aliphatic heterocycles. The van der Waals surface area contributed by atoms with Gasteiger partial charge in [-0.2, -0.15) is 0 Å². The van der Waals surface area contributed by atoms with Gasteiger partial charge in [0, 0.05) is 24.6 Å². The number of carbonyl (C=O) groups excluding carboxylic acids is 3. The van der Waals surface area contributed by atoms with Crippen LogP contribution in [0.15, 0.2) is 18.2 Å². The van der Waals surface area contributed by atoms with Gasteiger partial charge < -0.3 is 10.2 Å². The third-order valence-electron chi connectivity index (χ3n) is 6.15. The zero-order chi connectivity index (χ0) is 18.3. The van der Waals surface area contributed by atoms with Crippen LogP contribution in [0.4, 0.5) is 0 Å². The van der Waals surface area contributed by atoms with Crippen LogP contribution < -0.4 is 10.6 Å². The Morgan fingerprint density at radius 3 is 2.54 bits per heavy atom.